The fourth-order valence-corrected chi connectivity index (χ4v) is 2.80. The maximum atomic E-state index is 11.9. The third-order valence-corrected chi connectivity index (χ3v) is 4.74. The molecule has 2 rings (SSSR count). The minimum absolute atomic E-state index is 0.0186. The Morgan fingerprint density at radius 3 is 2.48 bits per heavy atom. The van der Waals surface area contributed by atoms with E-state index in [0.29, 0.717) is 47.0 Å². The van der Waals surface area contributed by atoms with Crippen LogP contribution in [0.2, 0.25) is 10.0 Å². The van der Waals surface area contributed by atoms with Gasteiger partial charge in [0.15, 0.2) is 5.96 Å². The van der Waals surface area contributed by atoms with E-state index in [1.54, 1.807) is 37.2 Å². The van der Waals surface area contributed by atoms with Crippen molar-refractivity contribution in [2.45, 2.75) is 13.5 Å². The molecule has 1 amide bonds. The molecule has 29 heavy (non-hydrogen) atoms. The number of hydrogen-bond acceptors (Lipinski definition) is 3. The molecule has 0 aromatic heterocycles. The van der Waals surface area contributed by atoms with Gasteiger partial charge < -0.3 is 20.3 Å². The SMILES string of the molecule is CCNC(=NCc1ccc(C(=O)N(C)C)cc1)NCCOc1cccc(Cl)c1Cl. The summed E-state index contributed by atoms with van der Waals surface area (Å²) in [5.74, 6) is 1.21. The van der Waals surface area contributed by atoms with Crippen LogP contribution in [-0.4, -0.2) is 50.6 Å². The van der Waals surface area contributed by atoms with E-state index in [2.05, 4.69) is 15.6 Å². The second-order valence-electron chi connectivity index (χ2n) is 6.42. The number of hydrogen-bond donors (Lipinski definition) is 2. The highest BCUT2D eigenvalue weighted by molar-refractivity contribution is 6.42. The topological polar surface area (TPSA) is 66.0 Å². The monoisotopic (exact) mass is 436 g/mol. The van der Waals surface area contributed by atoms with Crippen molar-refractivity contribution < 1.29 is 9.53 Å². The zero-order valence-corrected chi connectivity index (χ0v) is 18.3. The van der Waals surface area contributed by atoms with Gasteiger partial charge in [-0.3, -0.25) is 4.79 Å². The lowest BCUT2D eigenvalue weighted by Gasteiger charge is -2.13. The van der Waals surface area contributed by atoms with Crippen LogP contribution in [0.4, 0.5) is 0 Å². The first-order valence-corrected chi connectivity index (χ1v) is 10.1. The Kier molecular flexibility index (Phi) is 9.09. The van der Waals surface area contributed by atoms with Crippen LogP contribution < -0.4 is 15.4 Å². The summed E-state index contributed by atoms with van der Waals surface area (Å²) in [4.78, 5) is 18.1. The summed E-state index contributed by atoms with van der Waals surface area (Å²) in [6.07, 6.45) is 0. The van der Waals surface area contributed by atoms with Crippen LogP contribution in [0, 0.1) is 0 Å². The Labute approximate surface area is 181 Å². The molecule has 156 valence electrons. The van der Waals surface area contributed by atoms with Gasteiger partial charge in [0.2, 0.25) is 0 Å². The van der Waals surface area contributed by atoms with Crippen molar-refractivity contribution in [1.29, 1.82) is 0 Å². The van der Waals surface area contributed by atoms with Crippen molar-refractivity contribution in [2.75, 3.05) is 33.8 Å². The van der Waals surface area contributed by atoms with Gasteiger partial charge in [-0.25, -0.2) is 4.99 Å². The Balaban J connectivity index is 1.87. The predicted octanol–water partition coefficient (Wildman–Crippen LogP) is 3.83. The van der Waals surface area contributed by atoms with E-state index < -0.39 is 0 Å². The van der Waals surface area contributed by atoms with E-state index >= 15 is 0 Å². The van der Waals surface area contributed by atoms with Gasteiger partial charge in [0.1, 0.15) is 17.4 Å². The number of benzene rings is 2. The van der Waals surface area contributed by atoms with Gasteiger partial charge in [-0.05, 0) is 36.8 Å². The smallest absolute Gasteiger partial charge is 0.253 e. The minimum atomic E-state index is -0.0186. The fraction of sp³-hybridized carbons (Fsp3) is 0.333. The number of aliphatic imine (C=N–C) groups is 1. The molecule has 0 radical (unpaired) electrons. The molecule has 2 N–H and O–H groups in total. The van der Waals surface area contributed by atoms with Gasteiger partial charge in [0.25, 0.3) is 5.91 Å². The van der Waals surface area contributed by atoms with E-state index in [1.807, 2.05) is 31.2 Å². The number of nitrogens with zero attached hydrogens (tertiary/aromatic N) is 2. The molecular weight excluding hydrogens is 411 g/mol. The molecule has 0 fully saturated rings. The normalized spacial score (nSPS) is 11.1. The van der Waals surface area contributed by atoms with Crippen molar-refractivity contribution in [1.82, 2.24) is 15.5 Å². The Bertz CT molecular complexity index is 839. The first-order valence-electron chi connectivity index (χ1n) is 9.32. The summed E-state index contributed by atoms with van der Waals surface area (Å²) in [5.41, 5.74) is 1.67. The van der Waals surface area contributed by atoms with Crippen LogP contribution >= 0.6 is 23.2 Å². The molecule has 0 bridgehead atoms. The number of halogens is 2. The number of guanidine groups is 1. The highest BCUT2D eigenvalue weighted by atomic mass is 35.5. The predicted molar refractivity (Wildman–Crippen MR) is 119 cm³/mol. The molecule has 2 aromatic carbocycles. The van der Waals surface area contributed by atoms with Gasteiger partial charge in [0, 0.05) is 26.2 Å². The number of nitrogens with one attached hydrogen (secondary N) is 2. The van der Waals surface area contributed by atoms with Gasteiger partial charge in [-0.15, -0.1) is 0 Å². The number of rotatable bonds is 8. The lowest BCUT2D eigenvalue weighted by Crippen LogP contribution is -2.39. The standard InChI is InChI=1S/C21H26Cl2N4O2/c1-4-24-21(25-12-13-29-18-7-5-6-17(22)19(18)23)26-14-15-8-10-16(11-9-15)20(28)27(2)3/h5-11H,4,12-14H2,1-3H3,(H2,24,25,26). The molecule has 0 saturated heterocycles. The number of amides is 1. The molecule has 0 spiro atoms. The van der Waals surface area contributed by atoms with Crippen LogP contribution in [0.5, 0.6) is 5.75 Å². The van der Waals surface area contributed by atoms with E-state index in [0.717, 1.165) is 12.1 Å². The molecule has 0 saturated carbocycles. The molecule has 8 heteroatoms. The molecular formula is C21H26Cl2N4O2. The Hall–Kier alpha value is -2.44. The molecule has 0 aliphatic heterocycles. The Morgan fingerprint density at radius 2 is 1.83 bits per heavy atom. The zero-order chi connectivity index (χ0) is 21.2. The van der Waals surface area contributed by atoms with Crippen molar-refractivity contribution in [3.8, 4) is 5.75 Å². The van der Waals surface area contributed by atoms with E-state index in [1.165, 1.54) is 0 Å². The van der Waals surface area contributed by atoms with Crippen molar-refractivity contribution in [3.63, 3.8) is 0 Å². The van der Waals surface area contributed by atoms with Crippen molar-refractivity contribution in [3.05, 3.63) is 63.6 Å². The van der Waals surface area contributed by atoms with Crippen molar-refractivity contribution >= 4 is 35.1 Å². The summed E-state index contributed by atoms with van der Waals surface area (Å²) >= 11 is 12.1. The van der Waals surface area contributed by atoms with Crippen LogP contribution in [-0.2, 0) is 6.54 Å². The molecule has 0 atom stereocenters. The first kappa shape index (κ1) is 22.8. The van der Waals surface area contributed by atoms with Gasteiger partial charge >= 0.3 is 0 Å². The third-order valence-electron chi connectivity index (χ3n) is 3.94. The fourth-order valence-electron chi connectivity index (χ4n) is 2.45. The average Bonchev–Trinajstić information content (AvgIpc) is 2.72. The maximum Gasteiger partial charge on any atom is 0.253 e. The summed E-state index contributed by atoms with van der Waals surface area (Å²) in [6, 6.07) is 12.7. The highest BCUT2D eigenvalue weighted by Crippen LogP contribution is 2.31. The Morgan fingerprint density at radius 1 is 1.10 bits per heavy atom. The van der Waals surface area contributed by atoms with Gasteiger partial charge in [0.05, 0.1) is 18.1 Å². The maximum absolute atomic E-state index is 11.9. The van der Waals surface area contributed by atoms with E-state index in [9.17, 15) is 4.79 Å². The molecule has 0 aliphatic rings. The minimum Gasteiger partial charge on any atom is -0.490 e. The van der Waals surface area contributed by atoms with Gasteiger partial charge in [-0.2, -0.15) is 0 Å². The third kappa shape index (κ3) is 7.15. The number of carbonyl (C=O) groups is 1. The summed E-state index contributed by atoms with van der Waals surface area (Å²) in [5, 5.41) is 7.28. The van der Waals surface area contributed by atoms with Crippen molar-refractivity contribution in [2.24, 2.45) is 4.99 Å². The summed E-state index contributed by atoms with van der Waals surface area (Å²) in [6.45, 7) is 4.19. The first-order chi connectivity index (χ1) is 13.9. The molecule has 0 aliphatic carbocycles. The second kappa shape index (κ2) is 11.5. The van der Waals surface area contributed by atoms with Crippen LogP contribution in [0.25, 0.3) is 0 Å². The molecule has 0 heterocycles. The number of ether oxygens (including phenoxy) is 1. The van der Waals surface area contributed by atoms with E-state index in [4.69, 9.17) is 27.9 Å². The zero-order valence-electron chi connectivity index (χ0n) is 16.8. The largest absolute Gasteiger partial charge is 0.490 e. The lowest BCUT2D eigenvalue weighted by molar-refractivity contribution is 0.0827. The average molecular weight is 437 g/mol. The quantitative estimate of drug-likeness (QED) is 0.374. The summed E-state index contributed by atoms with van der Waals surface area (Å²) in [7, 11) is 3.47. The highest BCUT2D eigenvalue weighted by Gasteiger charge is 2.07. The summed E-state index contributed by atoms with van der Waals surface area (Å²) < 4.78 is 5.67. The van der Waals surface area contributed by atoms with Crippen LogP contribution in [0.15, 0.2) is 47.5 Å². The second-order valence-corrected chi connectivity index (χ2v) is 7.20. The van der Waals surface area contributed by atoms with Gasteiger partial charge in [-0.1, -0.05) is 41.4 Å². The molecule has 0 unspecified atom stereocenters. The van der Waals surface area contributed by atoms with E-state index in [-0.39, 0.29) is 5.91 Å². The lowest BCUT2D eigenvalue weighted by atomic mass is 10.1. The van der Waals surface area contributed by atoms with Crippen LogP contribution in [0.3, 0.4) is 0 Å². The molecule has 6 nitrogen and oxygen atoms in total. The number of carbonyl (C=O) groups excluding carboxylic acids is 1. The van der Waals surface area contributed by atoms with Crippen LogP contribution in [0.1, 0.15) is 22.8 Å². The molecule has 2 aromatic rings.